The summed E-state index contributed by atoms with van der Waals surface area (Å²) in [5.74, 6) is -1.10. The topological polar surface area (TPSA) is 130 Å². The van der Waals surface area contributed by atoms with Crippen LogP contribution in [0.5, 0.6) is 0 Å². The van der Waals surface area contributed by atoms with Gasteiger partial charge in [-0.3, -0.25) is 14.9 Å². The number of nitrogens with zero attached hydrogens (tertiary/aromatic N) is 4. The van der Waals surface area contributed by atoms with Crippen LogP contribution in [0.2, 0.25) is 0 Å². The number of aromatic nitrogens is 3. The van der Waals surface area contributed by atoms with Gasteiger partial charge < -0.3 is 9.15 Å². The van der Waals surface area contributed by atoms with Crippen molar-refractivity contribution in [2.75, 3.05) is 0 Å². The van der Waals surface area contributed by atoms with Crippen molar-refractivity contribution in [1.82, 2.24) is 15.0 Å². The molecule has 25 heavy (non-hydrogen) atoms. The van der Waals surface area contributed by atoms with Gasteiger partial charge in [0.05, 0.1) is 11.5 Å². The van der Waals surface area contributed by atoms with Crippen LogP contribution < -0.4 is 5.56 Å². The molecule has 0 saturated heterocycles. The molecule has 3 aromatic rings. The monoisotopic (exact) mass is 342 g/mol. The quantitative estimate of drug-likeness (QED) is 0.295. The van der Waals surface area contributed by atoms with Crippen molar-refractivity contribution in [3.05, 3.63) is 68.7 Å². The van der Waals surface area contributed by atoms with E-state index in [1.807, 2.05) is 0 Å². The molecule has 0 fully saturated rings. The van der Waals surface area contributed by atoms with Crippen LogP contribution in [0, 0.1) is 10.1 Å². The molecular formula is C15H10N4O6. The highest BCUT2D eigenvalue weighted by Crippen LogP contribution is 2.16. The normalized spacial score (nSPS) is 11.0. The second-order valence-corrected chi connectivity index (χ2v) is 4.77. The molecule has 0 spiro atoms. The molecule has 0 bridgehead atoms. The smallest absolute Gasteiger partial charge is 0.433 e. The van der Waals surface area contributed by atoms with Crippen LogP contribution in [0.15, 0.2) is 51.7 Å². The van der Waals surface area contributed by atoms with Crippen molar-refractivity contribution < 1.29 is 18.9 Å². The lowest BCUT2D eigenvalue weighted by atomic mass is 10.2. The zero-order valence-corrected chi connectivity index (χ0v) is 12.6. The molecule has 126 valence electrons. The predicted molar refractivity (Wildman–Crippen MR) is 84.3 cm³/mol. The number of carbonyl (C=O) groups excluding carboxylic acids is 1. The van der Waals surface area contributed by atoms with E-state index in [9.17, 15) is 19.7 Å². The van der Waals surface area contributed by atoms with Gasteiger partial charge in [0.2, 0.25) is 0 Å². The Labute approximate surface area is 139 Å². The van der Waals surface area contributed by atoms with Crippen molar-refractivity contribution >= 4 is 28.8 Å². The van der Waals surface area contributed by atoms with Crippen LogP contribution in [-0.2, 0) is 16.3 Å². The van der Waals surface area contributed by atoms with Gasteiger partial charge in [-0.1, -0.05) is 17.3 Å². The van der Waals surface area contributed by atoms with E-state index in [1.54, 1.807) is 24.3 Å². The molecule has 10 heteroatoms. The first kappa shape index (κ1) is 16.1. The molecule has 0 unspecified atom stereocenters. The van der Waals surface area contributed by atoms with Crippen molar-refractivity contribution in [1.29, 1.82) is 0 Å². The Kier molecular flexibility index (Phi) is 4.33. The van der Waals surface area contributed by atoms with Gasteiger partial charge in [-0.25, -0.2) is 4.79 Å². The second-order valence-electron chi connectivity index (χ2n) is 4.77. The lowest BCUT2D eigenvalue weighted by molar-refractivity contribution is -0.402. The summed E-state index contributed by atoms with van der Waals surface area (Å²) < 4.78 is 10.7. The third kappa shape index (κ3) is 3.58. The SMILES string of the molecule is O=C(/C=C/c1ccc([N+](=O)[O-])o1)OCn1nnc2ccccc2c1=O. The number of nitro groups is 1. The minimum absolute atomic E-state index is 0.117. The minimum atomic E-state index is -0.777. The molecule has 0 aliphatic heterocycles. The third-order valence-electron chi connectivity index (χ3n) is 3.13. The molecule has 0 saturated carbocycles. The summed E-state index contributed by atoms with van der Waals surface area (Å²) in [5, 5.41) is 18.4. The average molecular weight is 342 g/mol. The number of furan rings is 1. The Bertz CT molecular complexity index is 1040. The van der Waals surface area contributed by atoms with Crippen LogP contribution in [0.4, 0.5) is 5.88 Å². The van der Waals surface area contributed by atoms with E-state index in [0.717, 1.165) is 16.8 Å². The van der Waals surface area contributed by atoms with E-state index in [2.05, 4.69) is 10.3 Å². The molecule has 0 N–H and O–H groups in total. The van der Waals surface area contributed by atoms with E-state index >= 15 is 0 Å². The van der Waals surface area contributed by atoms with Crippen LogP contribution in [0.3, 0.4) is 0 Å². The van der Waals surface area contributed by atoms with Crippen LogP contribution in [-0.4, -0.2) is 25.9 Å². The summed E-state index contributed by atoms with van der Waals surface area (Å²) in [4.78, 5) is 33.6. The molecule has 0 amide bonds. The van der Waals surface area contributed by atoms with Crippen molar-refractivity contribution in [2.24, 2.45) is 0 Å². The fourth-order valence-corrected chi connectivity index (χ4v) is 1.96. The minimum Gasteiger partial charge on any atom is -0.439 e. The summed E-state index contributed by atoms with van der Waals surface area (Å²) in [6, 6.07) is 9.15. The van der Waals surface area contributed by atoms with Gasteiger partial charge in [0, 0.05) is 6.08 Å². The Morgan fingerprint density at radius 1 is 1.32 bits per heavy atom. The van der Waals surface area contributed by atoms with E-state index in [0.29, 0.717) is 10.9 Å². The molecular weight excluding hydrogens is 332 g/mol. The van der Waals surface area contributed by atoms with E-state index in [4.69, 9.17) is 9.15 Å². The molecule has 0 aliphatic carbocycles. The Hall–Kier alpha value is -3.82. The maximum atomic E-state index is 12.2. The van der Waals surface area contributed by atoms with Gasteiger partial charge >= 0.3 is 11.9 Å². The van der Waals surface area contributed by atoms with Gasteiger partial charge in [-0.2, -0.15) is 4.68 Å². The van der Waals surface area contributed by atoms with Gasteiger partial charge in [0.15, 0.2) is 6.73 Å². The number of benzene rings is 1. The number of esters is 1. The number of rotatable bonds is 5. The fraction of sp³-hybridized carbons (Fsp3) is 0.0667. The Balaban J connectivity index is 1.66. The second kappa shape index (κ2) is 6.74. The Morgan fingerprint density at radius 3 is 2.88 bits per heavy atom. The number of carbonyl (C=O) groups is 1. The standard InChI is InChI=1S/C15H10N4O6/c20-14(8-6-10-5-7-13(25-10)19(22)23)24-9-18-15(21)11-3-1-2-4-12(11)16-17-18/h1-8H,9H2/b8-6+. The first-order valence-electron chi connectivity index (χ1n) is 6.96. The van der Waals surface area contributed by atoms with Crippen molar-refractivity contribution in [3.8, 4) is 0 Å². The molecule has 0 radical (unpaired) electrons. The molecule has 2 aromatic heterocycles. The predicted octanol–water partition coefficient (Wildman–Crippen LogP) is 1.51. The third-order valence-corrected chi connectivity index (χ3v) is 3.13. The fourth-order valence-electron chi connectivity index (χ4n) is 1.96. The number of ether oxygens (including phenoxy) is 1. The first-order chi connectivity index (χ1) is 12.0. The van der Waals surface area contributed by atoms with E-state index in [1.165, 1.54) is 12.1 Å². The zero-order chi connectivity index (χ0) is 17.8. The highest BCUT2D eigenvalue weighted by molar-refractivity contribution is 5.86. The lowest BCUT2D eigenvalue weighted by Gasteiger charge is -2.04. The molecule has 2 heterocycles. The van der Waals surface area contributed by atoms with Gasteiger partial charge in [0.25, 0.3) is 5.56 Å². The molecule has 0 aliphatic rings. The molecule has 10 nitrogen and oxygen atoms in total. The number of hydrogen-bond acceptors (Lipinski definition) is 8. The number of hydrogen-bond donors (Lipinski definition) is 0. The van der Waals surface area contributed by atoms with E-state index < -0.39 is 29.1 Å². The summed E-state index contributed by atoms with van der Waals surface area (Å²) in [5.41, 5.74) is -0.00146. The number of fused-ring (bicyclic) bond motifs is 1. The van der Waals surface area contributed by atoms with Gasteiger partial charge in [-0.15, -0.1) is 5.10 Å². The summed E-state index contributed by atoms with van der Waals surface area (Å²) in [6.45, 7) is -0.419. The summed E-state index contributed by atoms with van der Waals surface area (Å²) >= 11 is 0. The molecule has 3 rings (SSSR count). The lowest BCUT2D eigenvalue weighted by Crippen LogP contribution is -2.26. The maximum Gasteiger partial charge on any atom is 0.433 e. The van der Waals surface area contributed by atoms with Crippen LogP contribution in [0.1, 0.15) is 5.76 Å². The van der Waals surface area contributed by atoms with Crippen molar-refractivity contribution in [3.63, 3.8) is 0 Å². The summed E-state index contributed by atoms with van der Waals surface area (Å²) in [7, 11) is 0. The largest absolute Gasteiger partial charge is 0.439 e. The highest BCUT2D eigenvalue weighted by Gasteiger charge is 2.10. The maximum absolute atomic E-state index is 12.2. The average Bonchev–Trinajstić information content (AvgIpc) is 3.09. The first-order valence-corrected chi connectivity index (χ1v) is 6.96. The molecule has 0 atom stereocenters. The van der Waals surface area contributed by atoms with E-state index in [-0.39, 0.29) is 5.76 Å². The molecule has 1 aromatic carbocycles. The van der Waals surface area contributed by atoms with Gasteiger partial charge in [0.1, 0.15) is 16.2 Å². The van der Waals surface area contributed by atoms with Crippen LogP contribution in [0.25, 0.3) is 17.0 Å². The highest BCUT2D eigenvalue weighted by atomic mass is 16.6. The van der Waals surface area contributed by atoms with Crippen LogP contribution >= 0.6 is 0 Å². The Morgan fingerprint density at radius 2 is 2.12 bits per heavy atom. The zero-order valence-electron chi connectivity index (χ0n) is 12.6. The van der Waals surface area contributed by atoms with Gasteiger partial charge in [-0.05, 0) is 24.3 Å². The summed E-state index contributed by atoms with van der Waals surface area (Å²) in [6.07, 6.45) is 2.23. The van der Waals surface area contributed by atoms with Crippen molar-refractivity contribution in [2.45, 2.75) is 6.73 Å².